The summed E-state index contributed by atoms with van der Waals surface area (Å²) < 4.78 is 7.52. The lowest BCUT2D eigenvalue weighted by Gasteiger charge is -2.18. The summed E-state index contributed by atoms with van der Waals surface area (Å²) in [5, 5.41) is 3.95. The first-order chi connectivity index (χ1) is 13.1. The van der Waals surface area contributed by atoms with Crippen LogP contribution in [-0.4, -0.2) is 40.0 Å². The first-order valence-corrected chi connectivity index (χ1v) is 11.4. The highest BCUT2D eigenvalue weighted by atomic mass is 32.2. The zero-order valence-corrected chi connectivity index (χ0v) is 17.4. The first kappa shape index (κ1) is 19.0. The third-order valence-electron chi connectivity index (χ3n) is 5.20. The number of thioether (sulfide) groups is 1. The Kier molecular flexibility index (Phi) is 5.57. The van der Waals surface area contributed by atoms with E-state index in [0.717, 1.165) is 48.9 Å². The van der Waals surface area contributed by atoms with E-state index < -0.39 is 0 Å². The maximum absolute atomic E-state index is 13.4. The van der Waals surface area contributed by atoms with Gasteiger partial charge in [-0.05, 0) is 51.5 Å². The molecule has 0 saturated carbocycles. The summed E-state index contributed by atoms with van der Waals surface area (Å²) in [5.74, 6) is -0.0332. The molecule has 1 N–H and O–H groups in total. The summed E-state index contributed by atoms with van der Waals surface area (Å²) in [7, 11) is 0. The summed E-state index contributed by atoms with van der Waals surface area (Å²) in [5.41, 5.74) is 1.22. The molecule has 2 aromatic heterocycles. The molecule has 2 atom stereocenters. The van der Waals surface area contributed by atoms with Crippen molar-refractivity contribution >= 4 is 39.2 Å². The van der Waals surface area contributed by atoms with Crippen LogP contribution in [0.3, 0.4) is 0 Å². The number of carbonyl (C=O) groups excluding carboxylic acids is 1. The molecule has 2 aromatic rings. The van der Waals surface area contributed by atoms with Gasteiger partial charge in [0.05, 0.1) is 23.3 Å². The fraction of sp³-hybridized carbons (Fsp3) is 0.632. The van der Waals surface area contributed by atoms with E-state index in [9.17, 15) is 9.59 Å². The molecule has 1 amide bonds. The molecule has 0 bridgehead atoms. The third-order valence-corrected chi connectivity index (χ3v) is 7.48. The normalized spacial score (nSPS) is 20.1. The molecule has 1 aliphatic heterocycles. The molecule has 1 saturated heterocycles. The Labute approximate surface area is 166 Å². The van der Waals surface area contributed by atoms with Gasteiger partial charge in [0.2, 0.25) is 5.91 Å². The van der Waals surface area contributed by atoms with Gasteiger partial charge >= 0.3 is 0 Å². The van der Waals surface area contributed by atoms with E-state index in [1.54, 1.807) is 15.9 Å². The number of ether oxygens (including phenoxy) is 1. The van der Waals surface area contributed by atoms with Gasteiger partial charge in [-0.25, -0.2) is 4.98 Å². The number of rotatable bonds is 6. The van der Waals surface area contributed by atoms with Crippen LogP contribution < -0.4 is 10.9 Å². The second-order valence-corrected chi connectivity index (χ2v) is 9.53. The molecule has 1 fully saturated rings. The maximum Gasteiger partial charge on any atom is 0.263 e. The van der Waals surface area contributed by atoms with Crippen molar-refractivity contribution in [1.82, 2.24) is 14.9 Å². The van der Waals surface area contributed by atoms with Crippen molar-refractivity contribution in [2.75, 3.05) is 13.2 Å². The predicted octanol–water partition coefficient (Wildman–Crippen LogP) is 2.74. The van der Waals surface area contributed by atoms with Gasteiger partial charge in [0, 0.05) is 18.0 Å². The SMILES string of the molecule is CCNC(=O)[C@H](C)Sc1nc2sc3c(c2c(=O)n1C[C@H]1CCCO1)CCC3. The number of aryl methyl sites for hydroxylation is 2. The van der Waals surface area contributed by atoms with Crippen molar-refractivity contribution in [2.24, 2.45) is 0 Å². The van der Waals surface area contributed by atoms with Crippen LogP contribution >= 0.6 is 23.1 Å². The molecule has 0 radical (unpaired) electrons. The van der Waals surface area contributed by atoms with E-state index in [4.69, 9.17) is 9.72 Å². The fourth-order valence-electron chi connectivity index (χ4n) is 3.83. The molecule has 0 unspecified atom stereocenters. The average Bonchev–Trinajstić information content (AvgIpc) is 3.35. The van der Waals surface area contributed by atoms with Gasteiger partial charge in [0.25, 0.3) is 5.56 Å². The van der Waals surface area contributed by atoms with Gasteiger partial charge in [-0.3, -0.25) is 14.2 Å². The first-order valence-electron chi connectivity index (χ1n) is 9.69. The molecule has 1 aliphatic carbocycles. The highest BCUT2D eigenvalue weighted by Gasteiger charge is 2.27. The summed E-state index contributed by atoms with van der Waals surface area (Å²) in [6, 6.07) is 0. The molecule has 0 spiro atoms. The number of hydrogen-bond acceptors (Lipinski definition) is 6. The maximum atomic E-state index is 13.4. The van der Waals surface area contributed by atoms with Gasteiger partial charge < -0.3 is 10.1 Å². The van der Waals surface area contributed by atoms with E-state index in [0.29, 0.717) is 18.2 Å². The van der Waals surface area contributed by atoms with Crippen LogP contribution in [0.1, 0.15) is 43.6 Å². The Hall–Kier alpha value is -1.38. The smallest absolute Gasteiger partial charge is 0.263 e. The van der Waals surface area contributed by atoms with Crippen LogP contribution in [0.2, 0.25) is 0 Å². The van der Waals surface area contributed by atoms with E-state index in [1.165, 1.54) is 22.2 Å². The van der Waals surface area contributed by atoms with Gasteiger partial charge in [-0.2, -0.15) is 0 Å². The van der Waals surface area contributed by atoms with E-state index >= 15 is 0 Å². The lowest BCUT2D eigenvalue weighted by Crippen LogP contribution is -2.33. The quantitative estimate of drug-likeness (QED) is 0.589. The van der Waals surface area contributed by atoms with Crippen LogP contribution in [0.25, 0.3) is 10.2 Å². The molecule has 27 heavy (non-hydrogen) atoms. The molecule has 0 aromatic carbocycles. The third kappa shape index (κ3) is 3.67. The number of fused-ring (bicyclic) bond motifs is 3. The van der Waals surface area contributed by atoms with Crippen LogP contribution in [0.5, 0.6) is 0 Å². The van der Waals surface area contributed by atoms with Crippen molar-refractivity contribution in [3.05, 3.63) is 20.8 Å². The van der Waals surface area contributed by atoms with Crippen molar-refractivity contribution < 1.29 is 9.53 Å². The highest BCUT2D eigenvalue weighted by Crippen LogP contribution is 2.36. The minimum Gasteiger partial charge on any atom is -0.376 e. The summed E-state index contributed by atoms with van der Waals surface area (Å²) in [6.45, 7) is 5.62. The number of amides is 1. The monoisotopic (exact) mass is 407 g/mol. The van der Waals surface area contributed by atoms with E-state index in [1.807, 2.05) is 13.8 Å². The van der Waals surface area contributed by atoms with E-state index in [2.05, 4.69) is 5.32 Å². The second kappa shape index (κ2) is 7.93. The minimum absolute atomic E-state index is 0.0282. The Morgan fingerprint density at radius 1 is 1.44 bits per heavy atom. The summed E-state index contributed by atoms with van der Waals surface area (Å²) in [6.07, 6.45) is 5.16. The zero-order valence-electron chi connectivity index (χ0n) is 15.7. The van der Waals surface area contributed by atoms with Crippen LogP contribution in [0, 0.1) is 0 Å². The van der Waals surface area contributed by atoms with Crippen LogP contribution in [0.15, 0.2) is 9.95 Å². The van der Waals surface area contributed by atoms with Crippen LogP contribution in [-0.2, 0) is 28.9 Å². The topological polar surface area (TPSA) is 73.2 Å². The van der Waals surface area contributed by atoms with Gasteiger partial charge in [-0.15, -0.1) is 11.3 Å². The molecular weight excluding hydrogens is 382 g/mol. The number of carbonyl (C=O) groups is 1. The Morgan fingerprint density at radius 3 is 3.04 bits per heavy atom. The van der Waals surface area contributed by atoms with Gasteiger partial charge in [0.15, 0.2) is 5.16 Å². The minimum atomic E-state index is -0.308. The fourth-order valence-corrected chi connectivity index (χ4v) is 6.08. The number of aromatic nitrogens is 2. The molecule has 2 aliphatic rings. The van der Waals surface area contributed by atoms with Crippen molar-refractivity contribution in [1.29, 1.82) is 0 Å². The standard InChI is InChI=1S/C19H25N3O3S2/c1-3-20-16(23)11(2)26-19-21-17-15(13-7-4-8-14(13)27-17)18(24)22(19)10-12-6-5-9-25-12/h11-12H,3-10H2,1-2H3,(H,20,23)/t11-,12+/m0/s1. The molecule has 146 valence electrons. The van der Waals surface area contributed by atoms with Crippen LogP contribution in [0.4, 0.5) is 0 Å². The van der Waals surface area contributed by atoms with Crippen molar-refractivity contribution in [2.45, 2.75) is 69.0 Å². The largest absolute Gasteiger partial charge is 0.376 e. The highest BCUT2D eigenvalue weighted by molar-refractivity contribution is 8.00. The second-order valence-electron chi connectivity index (χ2n) is 7.14. The lowest BCUT2D eigenvalue weighted by atomic mass is 10.2. The number of nitrogens with zero attached hydrogens (tertiary/aromatic N) is 2. The Bertz CT molecular complexity index is 915. The molecule has 8 heteroatoms. The zero-order chi connectivity index (χ0) is 19.0. The van der Waals surface area contributed by atoms with Gasteiger partial charge in [-0.1, -0.05) is 11.8 Å². The molecule has 6 nitrogen and oxygen atoms in total. The van der Waals surface area contributed by atoms with Crippen molar-refractivity contribution in [3.8, 4) is 0 Å². The Balaban J connectivity index is 1.75. The van der Waals surface area contributed by atoms with Gasteiger partial charge in [0.1, 0.15) is 4.83 Å². The summed E-state index contributed by atoms with van der Waals surface area (Å²) in [4.78, 5) is 32.5. The number of nitrogens with one attached hydrogen (secondary N) is 1. The Morgan fingerprint density at radius 2 is 2.30 bits per heavy atom. The predicted molar refractivity (Wildman–Crippen MR) is 109 cm³/mol. The molecule has 4 rings (SSSR count). The molecule has 3 heterocycles. The number of thiophene rings is 1. The van der Waals surface area contributed by atoms with E-state index in [-0.39, 0.29) is 22.8 Å². The molecular formula is C19H25N3O3S2. The van der Waals surface area contributed by atoms with Crippen molar-refractivity contribution in [3.63, 3.8) is 0 Å². The average molecular weight is 408 g/mol. The summed E-state index contributed by atoms with van der Waals surface area (Å²) >= 11 is 3.00. The lowest BCUT2D eigenvalue weighted by molar-refractivity contribution is -0.120. The number of hydrogen-bond donors (Lipinski definition) is 1.